The van der Waals surface area contributed by atoms with Gasteiger partial charge in [-0.25, -0.2) is 0 Å². The Balaban J connectivity index is 2.22. The molecule has 15 heavy (non-hydrogen) atoms. The second-order valence-corrected chi connectivity index (χ2v) is 4.08. The molecule has 2 rings (SSSR count). The summed E-state index contributed by atoms with van der Waals surface area (Å²) < 4.78 is 0. The Bertz CT molecular complexity index is 358. The summed E-state index contributed by atoms with van der Waals surface area (Å²) in [7, 11) is 0. The summed E-state index contributed by atoms with van der Waals surface area (Å²) in [6.45, 7) is 2.82. The molecule has 1 saturated heterocycles. The first-order valence-corrected chi connectivity index (χ1v) is 5.21. The van der Waals surface area contributed by atoms with Crippen molar-refractivity contribution in [2.45, 2.75) is 25.3 Å². The predicted molar refractivity (Wildman–Crippen MR) is 58.0 cm³/mol. The third kappa shape index (κ3) is 2.02. The molecule has 2 unspecified atom stereocenters. The van der Waals surface area contributed by atoms with E-state index in [9.17, 15) is 4.79 Å². The van der Waals surface area contributed by atoms with Crippen molar-refractivity contribution < 1.29 is 9.90 Å². The molecule has 1 aromatic rings. The van der Waals surface area contributed by atoms with Crippen LogP contribution in [0.5, 0.6) is 0 Å². The summed E-state index contributed by atoms with van der Waals surface area (Å²) in [6.07, 6.45) is 0.903. The maximum absolute atomic E-state index is 11.0. The van der Waals surface area contributed by atoms with E-state index in [2.05, 4.69) is 5.32 Å². The van der Waals surface area contributed by atoms with Gasteiger partial charge in [-0.2, -0.15) is 0 Å². The number of carboxylic acid groups (broad SMARTS) is 1. The molecule has 0 bridgehead atoms. The molecule has 1 aliphatic rings. The third-order valence-corrected chi connectivity index (χ3v) is 2.99. The second-order valence-electron chi connectivity index (χ2n) is 4.08. The van der Waals surface area contributed by atoms with Crippen molar-refractivity contribution in [3.05, 3.63) is 35.4 Å². The summed E-state index contributed by atoms with van der Waals surface area (Å²) in [4.78, 5) is 11.0. The zero-order valence-corrected chi connectivity index (χ0v) is 8.73. The highest BCUT2D eigenvalue weighted by atomic mass is 16.4. The molecular weight excluding hydrogens is 190 g/mol. The topological polar surface area (TPSA) is 49.3 Å². The molecule has 80 valence electrons. The van der Waals surface area contributed by atoms with Crippen molar-refractivity contribution >= 4 is 5.97 Å². The summed E-state index contributed by atoms with van der Waals surface area (Å²) in [5, 5.41) is 12.1. The molecule has 1 fully saturated rings. The lowest BCUT2D eigenvalue weighted by Crippen LogP contribution is -2.34. The minimum Gasteiger partial charge on any atom is -0.480 e. The lowest BCUT2D eigenvalue weighted by atomic mass is 9.91. The van der Waals surface area contributed by atoms with Crippen molar-refractivity contribution in [1.82, 2.24) is 5.32 Å². The van der Waals surface area contributed by atoms with Gasteiger partial charge >= 0.3 is 5.97 Å². The molecule has 0 saturated carbocycles. The molecule has 1 heterocycles. The van der Waals surface area contributed by atoms with Gasteiger partial charge in [0.1, 0.15) is 6.04 Å². The maximum Gasteiger partial charge on any atom is 0.321 e. The molecule has 0 radical (unpaired) electrons. The number of carbonyl (C=O) groups is 1. The molecule has 0 aliphatic carbocycles. The highest BCUT2D eigenvalue weighted by Crippen LogP contribution is 2.27. The van der Waals surface area contributed by atoms with E-state index in [-0.39, 0.29) is 5.92 Å². The van der Waals surface area contributed by atoms with Crippen LogP contribution in [0.4, 0.5) is 0 Å². The lowest BCUT2D eigenvalue weighted by Gasteiger charge is -2.15. The summed E-state index contributed by atoms with van der Waals surface area (Å²) in [5.74, 6) is -0.638. The van der Waals surface area contributed by atoms with Crippen LogP contribution in [-0.2, 0) is 4.79 Å². The van der Waals surface area contributed by atoms with Gasteiger partial charge in [0.05, 0.1) is 0 Å². The van der Waals surface area contributed by atoms with E-state index in [0.717, 1.165) is 18.5 Å². The van der Waals surface area contributed by atoms with Crippen molar-refractivity contribution in [1.29, 1.82) is 0 Å². The minimum absolute atomic E-state index is 0.114. The van der Waals surface area contributed by atoms with Crippen LogP contribution >= 0.6 is 0 Å². The van der Waals surface area contributed by atoms with Crippen LogP contribution in [0.1, 0.15) is 23.5 Å². The SMILES string of the molecule is Cc1ccc(C2CCNC2C(=O)O)cc1. The lowest BCUT2D eigenvalue weighted by molar-refractivity contribution is -0.139. The number of aryl methyl sites for hydroxylation is 1. The van der Waals surface area contributed by atoms with Gasteiger partial charge in [-0.1, -0.05) is 29.8 Å². The number of nitrogens with one attached hydrogen (secondary N) is 1. The summed E-state index contributed by atoms with van der Waals surface area (Å²) in [6, 6.07) is 7.71. The standard InChI is InChI=1S/C12H15NO2/c1-8-2-4-9(5-3-8)10-6-7-13-11(10)12(14)15/h2-5,10-11,13H,6-7H2,1H3,(H,14,15). The van der Waals surface area contributed by atoms with E-state index in [1.807, 2.05) is 31.2 Å². The molecule has 3 nitrogen and oxygen atoms in total. The minimum atomic E-state index is -0.752. The van der Waals surface area contributed by atoms with E-state index in [4.69, 9.17) is 5.11 Å². The fraction of sp³-hybridized carbons (Fsp3) is 0.417. The van der Waals surface area contributed by atoms with Crippen molar-refractivity contribution in [2.24, 2.45) is 0 Å². The monoisotopic (exact) mass is 205 g/mol. The molecule has 0 amide bonds. The van der Waals surface area contributed by atoms with Crippen LogP contribution in [0.15, 0.2) is 24.3 Å². The number of hydrogen-bond acceptors (Lipinski definition) is 2. The number of aliphatic carboxylic acids is 1. The zero-order chi connectivity index (χ0) is 10.8. The molecule has 3 heteroatoms. The van der Waals surface area contributed by atoms with Crippen LogP contribution in [0.2, 0.25) is 0 Å². The third-order valence-electron chi connectivity index (χ3n) is 2.99. The van der Waals surface area contributed by atoms with Crippen LogP contribution in [0.25, 0.3) is 0 Å². The zero-order valence-electron chi connectivity index (χ0n) is 8.73. The first kappa shape index (κ1) is 10.2. The Kier molecular flexibility index (Phi) is 2.73. The fourth-order valence-corrected chi connectivity index (χ4v) is 2.14. The summed E-state index contributed by atoms with van der Waals surface area (Å²) in [5.41, 5.74) is 2.33. The average molecular weight is 205 g/mol. The molecule has 0 spiro atoms. The van der Waals surface area contributed by atoms with Gasteiger partial charge in [-0.15, -0.1) is 0 Å². The van der Waals surface area contributed by atoms with Crippen molar-refractivity contribution in [2.75, 3.05) is 6.54 Å². The maximum atomic E-state index is 11.0. The number of hydrogen-bond donors (Lipinski definition) is 2. The van der Waals surface area contributed by atoms with Gasteiger partial charge in [0.25, 0.3) is 0 Å². The van der Waals surface area contributed by atoms with Crippen molar-refractivity contribution in [3.63, 3.8) is 0 Å². The highest BCUT2D eigenvalue weighted by molar-refractivity contribution is 5.75. The highest BCUT2D eigenvalue weighted by Gasteiger charge is 2.33. The van der Waals surface area contributed by atoms with E-state index < -0.39 is 12.0 Å². The molecule has 2 N–H and O–H groups in total. The Morgan fingerprint density at radius 2 is 2.07 bits per heavy atom. The normalized spacial score (nSPS) is 25.4. The van der Waals surface area contributed by atoms with E-state index >= 15 is 0 Å². The van der Waals surface area contributed by atoms with E-state index in [0.29, 0.717) is 0 Å². The van der Waals surface area contributed by atoms with Crippen LogP contribution in [-0.4, -0.2) is 23.7 Å². The van der Waals surface area contributed by atoms with Gasteiger partial charge in [0.2, 0.25) is 0 Å². The Labute approximate surface area is 89.1 Å². The smallest absolute Gasteiger partial charge is 0.321 e. The van der Waals surface area contributed by atoms with Crippen LogP contribution in [0, 0.1) is 6.92 Å². The summed E-state index contributed by atoms with van der Waals surface area (Å²) >= 11 is 0. The van der Waals surface area contributed by atoms with Gasteiger partial charge < -0.3 is 10.4 Å². The number of benzene rings is 1. The first-order chi connectivity index (χ1) is 7.18. The molecule has 1 aromatic carbocycles. The molecule has 2 atom stereocenters. The Hall–Kier alpha value is -1.35. The number of carboxylic acids is 1. The first-order valence-electron chi connectivity index (χ1n) is 5.21. The van der Waals surface area contributed by atoms with E-state index in [1.165, 1.54) is 5.56 Å². The Morgan fingerprint density at radius 3 is 2.67 bits per heavy atom. The van der Waals surface area contributed by atoms with Gasteiger partial charge in [0.15, 0.2) is 0 Å². The molecule has 1 aliphatic heterocycles. The molecule has 0 aromatic heterocycles. The van der Waals surface area contributed by atoms with Crippen LogP contribution < -0.4 is 5.32 Å². The average Bonchev–Trinajstić information content (AvgIpc) is 2.67. The van der Waals surface area contributed by atoms with Gasteiger partial charge in [-0.3, -0.25) is 4.79 Å². The fourth-order valence-electron chi connectivity index (χ4n) is 2.14. The van der Waals surface area contributed by atoms with E-state index in [1.54, 1.807) is 0 Å². The number of rotatable bonds is 2. The van der Waals surface area contributed by atoms with Gasteiger partial charge in [0, 0.05) is 5.92 Å². The second kappa shape index (κ2) is 4.03. The Morgan fingerprint density at radius 1 is 1.40 bits per heavy atom. The van der Waals surface area contributed by atoms with Crippen LogP contribution in [0.3, 0.4) is 0 Å². The van der Waals surface area contributed by atoms with Gasteiger partial charge in [-0.05, 0) is 25.5 Å². The largest absolute Gasteiger partial charge is 0.480 e. The quantitative estimate of drug-likeness (QED) is 0.769. The van der Waals surface area contributed by atoms with Crippen molar-refractivity contribution in [3.8, 4) is 0 Å². The predicted octanol–water partition coefficient (Wildman–Crippen LogP) is 1.53. The molecular formula is C12H15NO2.